The molecule has 2 nitrogen and oxygen atoms in total. The van der Waals surface area contributed by atoms with Gasteiger partial charge in [-0.05, 0) is 6.07 Å². The second-order valence-electron chi connectivity index (χ2n) is 3.14. The molecule has 0 saturated heterocycles. The summed E-state index contributed by atoms with van der Waals surface area (Å²) < 4.78 is 1.65. The van der Waals surface area contributed by atoms with E-state index in [0.717, 1.165) is 6.29 Å². The molecule has 2 rings (SSSR count). The van der Waals surface area contributed by atoms with Crippen molar-refractivity contribution in [2.45, 2.75) is 0 Å². The third-order valence-electron chi connectivity index (χ3n) is 2.33. The van der Waals surface area contributed by atoms with Gasteiger partial charge in [0.25, 0.3) is 0 Å². The van der Waals surface area contributed by atoms with Crippen molar-refractivity contribution in [3.05, 3.63) is 32.9 Å². The summed E-state index contributed by atoms with van der Waals surface area (Å²) in [6.45, 7) is 0. The maximum absolute atomic E-state index is 10.9. The van der Waals surface area contributed by atoms with Crippen molar-refractivity contribution in [2.24, 2.45) is 7.05 Å². The van der Waals surface area contributed by atoms with E-state index >= 15 is 0 Å². The fourth-order valence-corrected chi connectivity index (χ4v) is 2.26. The van der Waals surface area contributed by atoms with E-state index in [1.54, 1.807) is 23.7 Å². The van der Waals surface area contributed by atoms with Gasteiger partial charge in [-0.15, -0.1) is 0 Å². The Bertz CT molecular complexity index is 560. The molecule has 0 atom stereocenters. The van der Waals surface area contributed by atoms with Crippen LogP contribution in [0, 0.1) is 0 Å². The molecule has 0 aliphatic heterocycles. The molecule has 15 heavy (non-hydrogen) atoms. The summed E-state index contributed by atoms with van der Waals surface area (Å²) in [5.41, 5.74) is 1.11. The van der Waals surface area contributed by atoms with Crippen LogP contribution in [0.1, 0.15) is 10.4 Å². The zero-order chi connectivity index (χ0) is 11.2. The molecule has 1 heterocycles. The van der Waals surface area contributed by atoms with Crippen LogP contribution in [0.2, 0.25) is 15.2 Å². The van der Waals surface area contributed by atoms with Crippen LogP contribution in [0.3, 0.4) is 0 Å². The van der Waals surface area contributed by atoms with E-state index in [2.05, 4.69) is 0 Å². The van der Waals surface area contributed by atoms with Crippen LogP contribution in [-0.2, 0) is 7.05 Å². The summed E-state index contributed by atoms with van der Waals surface area (Å²) in [6.07, 6.45) is 0.717. The first-order valence-electron chi connectivity index (χ1n) is 4.15. The minimum Gasteiger partial charge on any atom is -0.333 e. The molecule has 0 spiro atoms. The smallest absolute Gasteiger partial charge is 0.153 e. The van der Waals surface area contributed by atoms with E-state index in [0.29, 0.717) is 31.7 Å². The monoisotopic (exact) mass is 261 g/mol. The lowest BCUT2D eigenvalue weighted by Gasteiger charge is -2.01. The van der Waals surface area contributed by atoms with Crippen LogP contribution in [0.15, 0.2) is 12.1 Å². The van der Waals surface area contributed by atoms with Gasteiger partial charge in [0.05, 0.1) is 21.1 Å². The number of aldehydes is 1. The van der Waals surface area contributed by atoms with Gasteiger partial charge in [-0.2, -0.15) is 0 Å². The van der Waals surface area contributed by atoms with Gasteiger partial charge in [0.2, 0.25) is 0 Å². The highest BCUT2D eigenvalue weighted by molar-refractivity contribution is 6.46. The topological polar surface area (TPSA) is 22.0 Å². The molecule has 0 radical (unpaired) electrons. The number of hydrogen-bond donors (Lipinski definition) is 0. The molecule has 0 unspecified atom stereocenters. The van der Waals surface area contributed by atoms with E-state index in [9.17, 15) is 4.79 Å². The van der Waals surface area contributed by atoms with Crippen molar-refractivity contribution in [3.8, 4) is 0 Å². The van der Waals surface area contributed by atoms with E-state index in [1.165, 1.54) is 0 Å². The molecule has 5 heteroatoms. The molecule has 1 aromatic heterocycles. The van der Waals surface area contributed by atoms with Gasteiger partial charge in [-0.3, -0.25) is 4.79 Å². The van der Waals surface area contributed by atoms with Gasteiger partial charge in [-0.1, -0.05) is 40.9 Å². The van der Waals surface area contributed by atoms with Crippen LogP contribution in [0.5, 0.6) is 0 Å². The molecule has 1 aromatic carbocycles. The normalized spacial score (nSPS) is 10.9. The number of nitrogens with zero attached hydrogens (tertiary/aromatic N) is 1. The Hall–Kier alpha value is -0.700. The molecule has 0 bridgehead atoms. The molecule has 0 aliphatic carbocycles. The van der Waals surface area contributed by atoms with Gasteiger partial charge in [0.15, 0.2) is 6.29 Å². The van der Waals surface area contributed by atoms with Crippen molar-refractivity contribution in [1.82, 2.24) is 4.57 Å². The highest BCUT2D eigenvalue weighted by Gasteiger charge is 2.16. The summed E-state index contributed by atoms with van der Waals surface area (Å²) in [5, 5.41) is 1.93. The van der Waals surface area contributed by atoms with Gasteiger partial charge in [-0.25, -0.2) is 0 Å². The van der Waals surface area contributed by atoms with E-state index in [1.807, 2.05) is 0 Å². The van der Waals surface area contributed by atoms with Crippen molar-refractivity contribution in [3.63, 3.8) is 0 Å². The summed E-state index contributed by atoms with van der Waals surface area (Å²) in [5.74, 6) is 0. The summed E-state index contributed by atoms with van der Waals surface area (Å²) >= 11 is 17.9. The first kappa shape index (κ1) is 10.8. The van der Waals surface area contributed by atoms with Crippen molar-refractivity contribution in [2.75, 3.05) is 0 Å². The number of carbonyl (C=O) groups excluding carboxylic acids is 1. The van der Waals surface area contributed by atoms with E-state index in [4.69, 9.17) is 34.8 Å². The SMILES string of the molecule is Cn1c(Cl)c(C=O)c2ccc(Cl)c(Cl)c21. The highest BCUT2D eigenvalue weighted by Crippen LogP contribution is 2.36. The van der Waals surface area contributed by atoms with Gasteiger partial charge in [0, 0.05) is 12.4 Å². The predicted molar refractivity (Wildman–Crippen MR) is 63.3 cm³/mol. The van der Waals surface area contributed by atoms with Crippen LogP contribution in [0.4, 0.5) is 0 Å². The van der Waals surface area contributed by atoms with E-state index in [-0.39, 0.29) is 0 Å². The van der Waals surface area contributed by atoms with E-state index < -0.39 is 0 Å². The average Bonchev–Trinajstić information content (AvgIpc) is 2.46. The number of aryl methyl sites for hydroxylation is 1. The Labute approximate surface area is 101 Å². The van der Waals surface area contributed by atoms with Gasteiger partial charge < -0.3 is 4.57 Å². The lowest BCUT2D eigenvalue weighted by atomic mass is 10.2. The third-order valence-corrected chi connectivity index (χ3v) is 3.58. The van der Waals surface area contributed by atoms with Crippen LogP contribution in [0.25, 0.3) is 10.9 Å². The Kier molecular flexibility index (Phi) is 2.67. The quantitative estimate of drug-likeness (QED) is 0.713. The first-order valence-corrected chi connectivity index (χ1v) is 5.28. The lowest BCUT2D eigenvalue weighted by molar-refractivity contribution is 0.112. The summed E-state index contributed by atoms with van der Waals surface area (Å²) in [4.78, 5) is 10.9. The first-order chi connectivity index (χ1) is 7.07. The second kappa shape index (κ2) is 3.71. The number of aromatic nitrogens is 1. The largest absolute Gasteiger partial charge is 0.333 e. The summed E-state index contributed by atoms with van der Waals surface area (Å²) in [7, 11) is 1.74. The molecule has 2 aromatic rings. The Morgan fingerprint density at radius 2 is 1.93 bits per heavy atom. The zero-order valence-electron chi connectivity index (χ0n) is 7.72. The van der Waals surface area contributed by atoms with Gasteiger partial charge >= 0.3 is 0 Å². The molecule has 0 saturated carbocycles. The van der Waals surface area contributed by atoms with Crippen LogP contribution >= 0.6 is 34.8 Å². The molecule has 0 aliphatic rings. The molecule has 78 valence electrons. The fraction of sp³-hybridized carbons (Fsp3) is 0.100. The summed E-state index contributed by atoms with van der Waals surface area (Å²) in [6, 6.07) is 3.38. The number of hydrogen-bond acceptors (Lipinski definition) is 1. The predicted octanol–water partition coefficient (Wildman–Crippen LogP) is 3.95. The second-order valence-corrected chi connectivity index (χ2v) is 4.28. The fourth-order valence-electron chi connectivity index (χ4n) is 1.59. The number of rotatable bonds is 1. The molecule has 0 amide bonds. The maximum atomic E-state index is 10.9. The molecular formula is C10H6Cl3NO. The van der Waals surface area contributed by atoms with Gasteiger partial charge in [0.1, 0.15) is 5.15 Å². The minimum absolute atomic E-state index is 0.365. The minimum atomic E-state index is 0.365. The highest BCUT2D eigenvalue weighted by atomic mass is 35.5. The number of carbonyl (C=O) groups is 1. The zero-order valence-corrected chi connectivity index (χ0v) is 9.99. The van der Waals surface area contributed by atoms with Crippen molar-refractivity contribution < 1.29 is 4.79 Å². The number of fused-ring (bicyclic) bond motifs is 1. The standard InChI is InChI=1S/C10H6Cl3NO/c1-14-9-5(6(4-15)10(14)13)2-3-7(11)8(9)12/h2-4H,1H3. The van der Waals surface area contributed by atoms with Crippen molar-refractivity contribution in [1.29, 1.82) is 0 Å². The van der Waals surface area contributed by atoms with Crippen molar-refractivity contribution >= 4 is 52.0 Å². The van der Waals surface area contributed by atoms with Crippen LogP contribution < -0.4 is 0 Å². The third kappa shape index (κ3) is 1.44. The lowest BCUT2D eigenvalue weighted by Crippen LogP contribution is -1.88. The number of benzene rings is 1. The molecular weight excluding hydrogens is 256 g/mol. The maximum Gasteiger partial charge on any atom is 0.153 e. The molecule has 0 N–H and O–H groups in total. The Morgan fingerprint density at radius 1 is 1.27 bits per heavy atom. The Balaban J connectivity index is 3.03. The molecule has 0 fully saturated rings. The average molecular weight is 263 g/mol. The Morgan fingerprint density at radius 3 is 2.53 bits per heavy atom. The number of halogens is 3. The van der Waals surface area contributed by atoms with Crippen LogP contribution in [-0.4, -0.2) is 10.9 Å².